The maximum absolute atomic E-state index is 7.58. The highest BCUT2D eigenvalue weighted by atomic mass is 16.5. The summed E-state index contributed by atoms with van der Waals surface area (Å²) in [5.74, 6) is 1.34. The van der Waals surface area contributed by atoms with Crippen molar-refractivity contribution < 1.29 is 9.47 Å². The van der Waals surface area contributed by atoms with Crippen molar-refractivity contribution >= 4 is 5.84 Å². The monoisotopic (exact) mass is 277 g/mol. The molecule has 1 aliphatic rings. The lowest BCUT2D eigenvalue weighted by molar-refractivity contribution is 0.183. The highest BCUT2D eigenvalue weighted by molar-refractivity contribution is 5.97. The van der Waals surface area contributed by atoms with Gasteiger partial charge in [0, 0.05) is 12.6 Å². The highest BCUT2D eigenvalue weighted by Gasteiger charge is 2.12. The Labute approximate surface area is 120 Å². The molecule has 0 spiro atoms. The number of amidine groups is 1. The summed E-state index contributed by atoms with van der Waals surface area (Å²) in [6, 6.07) is 5.33. The highest BCUT2D eigenvalue weighted by Crippen LogP contribution is 2.24. The molecule has 110 valence electrons. The normalized spacial score (nSPS) is 15.8. The molecule has 0 amide bonds. The molecule has 0 bridgehead atoms. The van der Waals surface area contributed by atoms with Gasteiger partial charge in [0.05, 0.1) is 12.7 Å². The molecule has 3 N–H and O–H groups in total. The van der Waals surface area contributed by atoms with Crippen LogP contribution in [0.2, 0.25) is 0 Å². The molecule has 1 aliphatic heterocycles. The molecule has 5 nitrogen and oxygen atoms in total. The lowest BCUT2D eigenvalue weighted by atomic mass is 10.1. The molecular formula is C15H23N3O2. The average Bonchev–Trinajstić information content (AvgIpc) is 2.48. The molecule has 20 heavy (non-hydrogen) atoms. The number of nitrogens with one attached hydrogen (secondary N) is 1. The molecule has 0 saturated carbocycles. The minimum absolute atomic E-state index is 0.0145. The van der Waals surface area contributed by atoms with Crippen molar-refractivity contribution in [1.29, 1.82) is 5.41 Å². The Morgan fingerprint density at radius 2 is 2.05 bits per heavy atom. The number of methoxy groups -OCH3 is 1. The van der Waals surface area contributed by atoms with Crippen LogP contribution in [0.1, 0.15) is 24.8 Å². The Kier molecular flexibility index (Phi) is 5.24. The van der Waals surface area contributed by atoms with Crippen molar-refractivity contribution in [2.75, 3.05) is 33.4 Å². The molecule has 1 aromatic carbocycles. The van der Waals surface area contributed by atoms with Gasteiger partial charge in [0.25, 0.3) is 0 Å². The van der Waals surface area contributed by atoms with Crippen LogP contribution in [0.15, 0.2) is 18.2 Å². The SMILES string of the molecule is COc1ccc(C(=N)N)c(OCCN2CCCCC2)c1. The van der Waals surface area contributed by atoms with Crippen molar-refractivity contribution in [2.24, 2.45) is 5.73 Å². The number of nitrogens with zero attached hydrogens (tertiary/aromatic N) is 1. The number of hydrogen-bond acceptors (Lipinski definition) is 4. The summed E-state index contributed by atoms with van der Waals surface area (Å²) in [5, 5.41) is 7.58. The first kappa shape index (κ1) is 14.7. The standard InChI is InChI=1S/C15H23N3O2/c1-19-12-5-6-13(15(16)17)14(11-12)20-10-9-18-7-3-2-4-8-18/h5-6,11H,2-4,7-10H2,1H3,(H3,16,17). The van der Waals surface area contributed by atoms with Gasteiger partial charge in [-0.25, -0.2) is 0 Å². The number of benzene rings is 1. The fourth-order valence-electron chi connectivity index (χ4n) is 2.44. The number of nitrogens with two attached hydrogens (primary N) is 1. The maximum Gasteiger partial charge on any atom is 0.133 e. The first-order chi connectivity index (χ1) is 9.70. The van der Waals surface area contributed by atoms with Crippen molar-refractivity contribution in [3.8, 4) is 11.5 Å². The lowest BCUT2D eigenvalue weighted by Crippen LogP contribution is -2.33. The van der Waals surface area contributed by atoms with Gasteiger partial charge in [-0.1, -0.05) is 6.42 Å². The van der Waals surface area contributed by atoms with Crippen LogP contribution in [0.5, 0.6) is 11.5 Å². The molecule has 1 heterocycles. The van der Waals surface area contributed by atoms with Crippen LogP contribution in [0, 0.1) is 5.41 Å². The lowest BCUT2D eigenvalue weighted by Gasteiger charge is -2.26. The number of ether oxygens (including phenoxy) is 2. The Morgan fingerprint density at radius 3 is 2.70 bits per heavy atom. The van der Waals surface area contributed by atoms with Gasteiger partial charge >= 0.3 is 0 Å². The molecule has 1 fully saturated rings. The summed E-state index contributed by atoms with van der Waals surface area (Å²) in [5.41, 5.74) is 6.19. The van der Waals surface area contributed by atoms with Crippen LogP contribution < -0.4 is 15.2 Å². The Morgan fingerprint density at radius 1 is 1.30 bits per heavy atom. The van der Waals surface area contributed by atoms with E-state index < -0.39 is 0 Å². The number of hydrogen-bond donors (Lipinski definition) is 2. The summed E-state index contributed by atoms with van der Waals surface area (Å²) in [6.07, 6.45) is 3.89. The van der Waals surface area contributed by atoms with Crippen LogP contribution in [0.3, 0.4) is 0 Å². The van der Waals surface area contributed by atoms with Crippen molar-refractivity contribution in [3.63, 3.8) is 0 Å². The fraction of sp³-hybridized carbons (Fsp3) is 0.533. The molecule has 0 aromatic heterocycles. The van der Waals surface area contributed by atoms with Crippen LogP contribution in [-0.4, -0.2) is 44.1 Å². The van der Waals surface area contributed by atoms with Crippen molar-refractivity contribution in [1.82, 2.24) is 4.90 Å². The largest absolute Gasteiger partial charge is 0.497 e. The minimum atomic E-state index is 0.0145. The third-order valence-corrected chi connectivity index (χ3v) is 3.59. The maximum atomic E-state index is 7.58. The first-order valence-electron chi connectivity index (χ1n) is 7.08. The molecule has 0 unspecified atom stereocenters. The molecule has 2 rings (SSSR count). The third kappa shape index (κ3) is 3.87. The molecule has 0 radical (unpaired) electrons. The van der Waals surface area contributed by atoms with E-state index in [0.29, 0.717) is 23.7 Å². The molecule has 5 heteroatoms. The van der Waals surface area contributed by atoms with Gasteiger partial charge in [-0.3, -0.25) is 10.3 Å². The average molecular weight is 277 g/mol. The van der Waals surface area contributed by atoms with Crippen LogP contribution in [-0.2, 0) is 0 Å². The molecule has 0 aliphatic carbocycles. The Balaban J connectivity index is 1.94. The predicted octanol–water partition coefficient (Wildman–Crippen LogP) is 1.84. The van der Waals surface area contributed by atoms with E-state index in [4.69, 9.17) is 20.6 Å². The Bertz CT molecular complexity index is 456. The van der Waals surface area contributed by atoms with Gasteiger partial charge in [-0.05, 0) is 38.1 Å². The summed E-state index contributed by atoms with van der Waals surface area (Å²) in [6.45, 7) is 3.82. The third-order valence-electron chi connectivity index (χ3n) is 3.59. The second-order valence-corrected chi connectivity index (χ2v) is 5.03. The Hall–Kier alpha value is -1.75. The quantitative estimate of drug-likeness (QED) is 0.615. The van der Waals surface area contributed by atoms with Gasteiger partial charge < -0.3 is 15.2 Å². The minimum Gasteiger partial charge on any atom is -0.497 e. The summed E-state index contributed by atoms with van der Waals surface area (Å²) < 4.78 is 11.0. The fourth-order valence-corrected chi connectivity index (χ4v) is 2.44. The van der Waals surface area contributed by atoms with Crippen molar-refractivity contribution in [3.05, 3.63) is 23.8 Å². The summed E-state index contributed by atoms with van der Waals surface area (Å²) in [4.78, 5) is 2.41. The molecule has 0 atom stereocenters. The van der Waals surface area contributed by atoms with E-state index in [2.05, 4.69) is 4.90 Å². The van der Waals surface area contributed by atoms with Crippen LogP contribution >= 0.6 is 0 Å². The van der Waals surface area contributed by atoms with Crippen LogP contribution in [0.25, 0.3) is 0 Å². The number of rotatable bonds is 6. The van der Waals surface area contributed by atoms with E-state index in [-0.39, 0.29) is 5.84 Å². The van der Waals surface area contributed by atoms with E-state index >= 15 is 0 Å². The molecular weight excluding hydrogens is 254 g/mol. The summed E-state index contributed by atoms with van der Waals surface area (Å²) in [7, 11) is 1.61. The van der Waals surface area contributed by atoms with Gasteiger partial charge in [-0.2, -0.15) is 0 Å². The predicted molar refractivity (Wildman–Crippen MR) is 79.8 cm³/mol. The van der Waals surface area contributed by atoms with Gasteiger partial charge in [0.2, 0.25) is 0 Å². The van der Waals surface area contributed by atoms with Gasteiger partial charge in [-0.15, -0.1) is 0 Å². The van der Waals surface area contributed by atoms with E-state index in [0.717, 1.165) is 19.6 Å². The second-order valence-electron chi connectivity index (χ2n) is 5.03. The zero-order valence-corrected chi connectivity index (χ0v) is 12.0. The van der Waals surface area contributed by atoms with Gasteiger partial charge in [0.15, 0.2) is 0 Å². The number of nitrogen functional groups attached to an aromatic ring is 1. The molecule has 1 aromatic rings. The van der Waals surface area contributed by atoms with E-state index in [9.17, 15) is 0 Å². The second kappa shape index (κ2) is 7.14. The molecule has 1 saturated heterocycles. The van der Waals surface area contributed by atoms with Crippen molar-refractivity contribution in [2.45, 2.75) is 19.3 Å². The zero-order valence-electron chi connectivity index (χ0n) is 12.0. The number of piperidine rings is 1. The zero-order chi connectivity index (χ0) is 14.4. The topological polar surface area (TPSA) is 71.6 Å². The van der Waals surface area contributed by atoms with Crippen LogP contribution in [0.4, 0.5) is 0 Å². The summed E-state index contributed by atoms with van der Waals surface area (Å²) >= 11 is 0. The van der Waals surface area contributed by atoms with E-state index in [1.54, 1.807) is 25.3 Å². The van der Waals surface area contributed by atoms with Gasteiger partial charge in [0.1, 0.15) is 23.9 Å². The van der Waals surface area contributed by atoms with E-state index in [1.807, 2.05) is 0 Å². The van der Waals surface area contributed by atoms with E-state index in [1.165, 1.54) is 19.3 Å². The first-order valence-corrected chi connectivity index (χ1v) is 7.08. The number of likely N-dealkylation sites (tertiary alicyclic amines) is 1. The smallest absolute Gasteiger partial charge is 0.133 e.